The maximum absolute atomic E-state index is 12.4. The van der Waals surface area contributed by atoms with Gasteiger partial charge in [-0.2, -0.15) is 0 Å². The van der Waals surface area contributed by atoms with Crippen molar-refractivity contribution in [1.29, 1.82) is 0 Å². The molecular formula is C22H23N5O2. The highest BCUT2D eigenvalue weighted by Crippen LogP contribution is 2.19. The van der Waals surface area contributed by atoms with Gasteiger partial charge >= 0.3 is 6.03 Å². The Hall–Kier alpha value is -3.87. The fourth-order valence-corrected chi connectivity index (χ4v) is 2.74. The number of anilines is 2. The minimum absolute atomic E-state index is 0.217. The maximum Gasteiger partial charge on any atom is 0.315 e. The standard InChI is InChI=1S/C22H23N5O2/c1-15(26-22(29)25-14-16-5-4-12-24-13-16)17-8-10-18(11-9-17)21(28)27-20-7-3-2-6-19(20)23/h2-13,15H,14,23H2,1H3,(H,27,28)(H2,25,26,29). The summed E-state index contributed by atoms with van der Waals surface area (Å²) >= 11 is 0. The van der Waals surface area contributed by atoms with E-state index in [1.54, 1.807) is 42.7 Å². The van der Waals surface area contributed by atoms with E-state index in [4.69, 9.17) is 5.73 Å². The molecular weight excluding hydrogens is 366 g/mol. The van der Waals surface area contributed by atoms with Gasteiger partial charge in [0.1, 0.15) is 0 Å². The number of rotatable bonds is 6. The Morgan fingerprint density at radius 1 is 1.03 bits per heavy atom. The molecule has 0 aliphatic rings. The van der Waals surface area contributed by atoms with Crippen LogP contribution in [-0.2, 0) is 6.54 Å². The summed E-state index contributed by atoms with van der Waals surface area (Å²) in [4.78, 5) is 28.5. The van der Waals surface area contributed by atoms with Crippen molar-refractivity contribution in [3.63, 3.8) is 0 Å². The summed E-state index contributed by atoms with van der Waals surface area (Å²) in [5, 5.41) is 8.46. The third kappa shape index (κ3) is 5.55. The van der Waals surface area contributed by atoms with Crippen molar-refractivity contribution >= 4 is 23.3 Å². The van der Waals surface area contributed by atoms with Gasteiger partial charge in [-0.25, -0.2) is 4.79 Å². The summed E-state index contributed by atoms with van der Waals surface area (Å²) in [6, 6.07) is 17.4. The Labute approximate surface area is 169 Å². The zero-order valence-corrected chi connectivity index (χ0v) is 16.1. The van der Waals surface area contributed by atoms with E-state index < -0.39 is 0 Å². The number of urea groups is 1. The first kappa shape index (κ1) is 19.9. The number of nitrogens with zero attached hydrogens (tertiary/aromatic N) is 1. The fraction of sp³-hybridized carbons (Fsp3) is 0.136. The summed E-state index contributed by atoms with van der Waals surface area (Å²) in [7, 11) is 0. The molecule has 3 amide bonds. The van der Waals surface area contributed by atoms with Crippen LogP contribution < -0.4 is 21.7 Å². The predicted molar refractivity (Wildman–Crippen MR) is 113 cm³/mol. The van der Waals surface area contributed by atoms with Gasteiger partial charge in [0.05, 0.1) is 17.4 Å². The average molecular weight is 389 g/mol. The lowest BCUT2D eigenvalue weighted by Gasteiger charge is -2.15. The van der Waals surface area contributed by atoms with Crippen LogP contribution in [0.3, 0.4) is 0 Å². The molecule has 1 aromatic heterocycles. The van der Waals surface area contributed by atoms with Gasteiger partial charge in [0.2, 0.25) is 0 Å². The van der Waals surface area contributed by atoms with Crippen molar-refractivity contribution in [2.45, 2.75) is 19.5 Å². The summed E-state index contributed by atoms with van der Waals surface area (Å²) < 4.78 is 0. The van der Waals surface area contributed by atoms with Gasteiger partial charge in [0, 0.05) is 24.5 Å². The quantitative estimate of drug-likeness (QED) is 0.484. The van der Waals surface area contributed by atoms with Gasteiger partial charge < -0.3 is 21.7 Å². The van der Waals surface area contributed by atoms with Crippen molar-refractivity contribution in [2.24, 2.45) is 0 Å². The number of benzene rings is 2. The summed E-state index contributed by atoms with van der Waals surface area (Å²) in [6.45, 7) is 2.28. The molecule has 3 rings (SSSR count). The van der Waals surface area contributed by atoms with Crippen LogP contribution >= 0.6 is 0 Å². The highest BCUT2D eigenvalue weighted by molar-refractivity contribution is 6.05. The molecule has 0 radical (unpaired) electrons. The molecule has 5 N–H and O–H groups in total. The number of nitrogens with two attached hydrogens (primary N) is 1. The fourth-order valence-electron chi connectivity index (χ4n) is 2.74. The molecule has 0 aliphatic heterocycles. The lowest BCUT2D eigenvalue weighted by atomic mass is 10.1. The molecule has 148 valence electrons. The van der Waals surface area contributed by atoms with Crippen molar-refractivity contribution in [1.82, 2.24) is 15.6 Å². The van der Waals surface area contributed by atoms with E-state index in [-0.39, 0.29) is 18.0 Å². The molecule has 7 heteroatoms. The molecule has 0 aliphatic carbocycles. The van der Waals surface area contributed by atoms with Crippen molar-refractivity contribution in [3.8, 4) is 0 Å². The van der Waals surface area contributed by atoms with Crippen LogP contribution in [-0.4, -0.2) is 16.9 Å². The van der Waals surface area contributed by atoms with Gasteiger partial charge in [-0.05, 0) is 48.4 Å². The average Bonchev–Trinajstić information content (AvgIpc) is 2.74. The number of pyridine rings is 1. The van der Waals surface area contributed by atoms with Crippen LogP contribution in [0.4, 0.5) is 16.2 Å². The van der Waals surface area contributed by atoms with Crippen molar-refractivity contribution in [2.75, 3.05) is 11.1 Å². The monoisotopic (exact) mass is 389 g/mol. The SMILES string of the molecule is CC(NC(=O)NCc1cccnc1)c1ccc(C(=O)Nc2ccccc2N)cc1. The molecule has 1 unspecified atom stereocenters. The topological polar surface area (TPSA) is 109 Å². The number of amides is 3. The lowest BCUT2D eigenvalue weighted by Crippen LogP contribution is -2.36. The van der Waals surface area contributed by atoms with Gasteiger partial charge in [-0.15, -0.1) is 0 Å². The Morgan fingerprint density at radius 2 is 1.79 bits per heavy atom. The predicted octanol–water partition coefficient (Wildman–Crippen LogP) is 3.48. The van der Waals surface area contributed by atoms with Crippen LogP contribution in [0.2, 0.25) is 0 Å². The Bertz CT molecular complexity index is 974. The van der Waals surface area contributed by atoms with Crippen LogP contribution in [0.1, 0.15) is 34.5 Å². The first-order valence-electron chi connectivity index (χ1n) is 9.22. The van der Waals surface area contributed by atoms with E-state index >= 15 is 0 Å². The summed E-state index contributed by atoms with van der Waals surface area (Å²) in [5.74, 6) is -0.246. The van der Waals surface area contributed by atoms with E-state index in [0.717, 1.165) is 11.1 Å². The second kappa shape index (κ2) is 9.36. The van der Waals surface area contributed by atoms with E-state index in [2.05, 4.69) is 20.9 Å². The van der Waals surface area contributed by atoms with E-state index in [0.29, 0.717) is 23.5 Å². The van der Waals surface area contributed by atoms with Crippen LogP contribution in [0.5, 0.6) is 0 Å². The number of para-hydroxylation sites is 2. The van der Waals surface area contributed by atoms with E-state index in [1.807, 2.05) is 37.3 Å². The minimum atomic E-state index is -0.275. The van der Waals surface area contributed by atoms with E-state index in [9.17, 15) is 9.59 Å². The maximum atomic E-state index is 12.4. The smallest absolute Gasteiger partial charge is 0.315 e. The van der Waals surface area contributed by atoms with Gasteiger partial charge in [-0.1, -0.05) is 30.3 Å². The zero-order chi connectivity index (χ0) is 20.6. The number of aromatic nitrogens is 1. The van der Waals surface area contributed by atoms with Crippen LogP contribution in [0, 0.1) is 0 Å². The zero-order valence-electron chi connectivity index (χ0n) is 16.1. The third-order valence-electron chi connectivity index (χ3n) is 4.41. The molecule has 1 heterocycles. The number of nitrogen functional groups attached to an aromatic ring is 1. The molecule has 0 spiro atoms. The Balaban J connectivity index is 1.54. The van der Waals surface area contributed by atoms with E-state index in [1.165, 1.54) is 0 Å². The van der Waals surface area contributed by atoms with Gasteiger partial charge in [-0.3, -0.25) is 9.78 Å². The number of carbonyl (C=O) groups is 2. The number of hydrogen-bond donors (Lipinski definition) is 4. The molecule has 3 aromatic rings. The first-order chi connectivity index (χ1) is 14.0. The summed E-state index contributed by atoms with van der Waals surface area (Å²) in [5.41, 5.74) is 9.25. The molecule has 29 heavy (non-hydrogen) atoms. The highest BCUT2D eigenvalue weighted by atomic mass is 16.2. The third-order valence-corrected chi connectivity index (χ3v) is 4.41. The molecule has 0 saturated heterocycles. The van der Waals surface area contributed by atoms with Crippen molar-refractivity contribution < 1.29 is 9.59 Å². The Kier molecular flexibility index (Phi) is 6.42. The highest BCUT2D eigenvalue weighted by Gasteiger charge is 2.12. The van der Waals surface area contributed by atoms with Crippen molar-refractivity contribution in [3.05, 3.63) is 89.7 Å². The molecule has 2 aromatic carbocycles. The largest absolute Gasteiger partial charge is 0.397 e. The second-order valence-corrected chi connectivity index (χ2v) is 6.57. The second-order valence-electron chi connectivity index (χ2n) is 6.57. The first-order valence-corrected chi connectivity index (χ1v) is 9.22. The molecule has 7 nitrogen and oxygen atoms in total. The minimum Gasteiger partial charge on any atom is -0.397 e. The number of nitrogens with one attached hydrogen (secondary N) is 3. The lowest BCUT2D eigenvalue weighted by molar-refractivity contribution is 0.102. The van der Waals surface area contributed by atoms with Crippen LogP contribution in [0.25, 0.3) is 0 Å². The summed E-state index contributed by atoms with van der Waals surface area (Å²) in [6.07, 6.45) is 3.39. The molecule has 0 bridgehead atoms. The molecule has 0 fully saturated rings. The number of hydrogen-bond acceptors (Lipinski definition) is 4. The number of carbonyl (C=O) groups excluding carboxylic acids is 2. The van der Waals surface area contributed by atoms with Crippen LogP contribution in [0.15, 0.2) is 73.1 Å². The van der Waals surface area contributed by atoms with Gasteiger partial charge in [0.25, 0.3) is 5.91 Å². The molecule has 1 atom stereocenters. The molecule has 0 saturated carbocycles. The normalized spacial score (nSPS) is 11.3. The van der Waals surface area contributed by atoms with Gasteiger partial charge in [0.15, 0.2) is 0 Å². The Morgan fingerprint density at radius 3 is 2.48 bits per heavy atom.